The highest BCUT2D eigenvalue weighted by Crippen LogP contribution is 2.17. The summed E-state index contributed by atoms with van der Waals surface area (Å²) in [7, 11) is 0. The van der Waals surface area contributed by atoms with Crippen LogP contribution < -0.4 is 5.32 Å². The van der Waals surface area contributed by atoms with Crippen LogP contribution in [0, 0.1) is 0 Å². The summed E-state index contributed by atoms with van der Waals surface area (Å²) in [5, 5.41) is 2.74. The zero-order valence-corrected chi connectivity index (χ0v) is 10.9. The van der Waals surface area contributed by atoms with Crippen LogP contribution in [0.1, 0.15) is 6.92 Å². The SMILES string of the molecule is CC1C(=O)NCCN1C(=O)CSc1ccncc1. The second-order valence-corrected chi connectivity index (χ2v) is 5.07. The maximum Gasteiger partial charge on any atom is 0.242 e. The van der Waals surface area contributed by atoms with Gasteiger partial charge in [0.05, 0.1) is 5.75 Å². The first-order chi connectivity index (χ1) is 8.68. The molecule has 1 aromatic heterocycles. The second kappa shape index (κ2) is 5.86. The molecule has 1 saturated heterocycles. The summed E-state index contributed by atoms with van der Waals surface area (Å²) in [5.41, 5.74) is 0. The number of thioether (sulfide) groups is 1. The summed E-state index contributed by atoms with van der Waals surface area (Å²) in [6.07, 6.45) is 3.40. The van der Waals surface area contributed by atoms with Gasteiger partial charge in [-0.2, -0.15) is 0 Å². The van der Waals surface area contributed by atoms with Crippen LogP contribution in [0.15, 0.2) is 29.4 Å². The molecule has 1 N–H and O–H groups in total. The molecule has 1 fully saturated rings. The number of rotatable bonds is 3. The fourth-order valence-electron chi connectivity index (χ4n) is 1.79. The van der Waals surface area contributed by atoms with E-state index in [9.17, 15) is 9.59 Å². The van der Waals surface area contributed by atoms with Crippen molar-refractivity contribution in [2.24, 2.45) is 0 Å². The monoisotopic (exact) mass is 265 g/mol. The fraction of sp³-hybridized carbons (Fsp3) is 0.417. The van der Waals surface area contributed by atoms with E-state index in [1.165, 1.54) is 11.8 Å². The summed E-state index contributed by atoms with van der Waals surface area (Å²) in [4.78, 5) is 30.1. The maximum absolute atomic E-state index is 12.0. The zero-order valence-electron chi connectivity index (χ0n) is 10.1. The van der Waals surface area contributed by atoms with Crippen LogP contribution in [0.5, 0.6) is 0 Å². The molecule has 1 aliphatic rings. The Bertz CT molecular complexity index is 438. The predicted molar refractivity (Wildman–Crippen MR) is 69.1 cm³/mol. The molecule has 96 valence electrons. The van der Waals surface area contributed by atoms with Gasteiger partial charge in [-0.3, -0.25) is 14.6 Å². The van der Waals surface area contributed by atoms with Gasteiger partial charge in [0, 0.05) is 30.4 Å². The van der Waals surface area contributed by atoms with Gasteiger partial charge in [0.15, 0.2) is 0 Å². The Morgan fingerprint density at radius 1 is 1.56 bits per heavy atom. The third kappa shape index (κ3) is 3.01. The van der Waals surface area contributed by atoms with Gasteiger partial charge >= 0.3 is 0 Å². The average Bonchev–Trinajstić information content (AvgIpc) is 2.40. The van der Waals surface area contributed by atoms with Crippen LogP contribution in [-0.2, 0) is 9.59 Å². The molecule has 2 rings (SSSR count). The van der Waals surface area contributed by atoms with E-state index < -0.39 is 0 Å². The van der Waals surface area contributed by atoms with Gasteiger partial charge in [-0.05, 0) is 19.1 Å². The van der Waals surface area contributed by atoms with Crippen LogP contribution in [0.2, 0.25) is 0 Å². The molecule has 0 radical (unpaired) electrons. The number of piperazine rings is 1. The first kappa shape index (κ1) is 12.9. The molecule has 1 atom stereocenters. The maximum atomic E-state index is 12.0. The Morgan fingerprint density at radius 2 is 2.28 bits per heavy atom. The molecular weight excluding hydrogens is 250 g/mol. The lowest BCUT2D eigenvalue weighted by molar-refractivity contribution is -0.140. The lowest BCUT2D eigenvalue weighted by Gasteiger charge is -2.32. The Hall–Kier alpha value is -1.56. The number of aromatic nitrogens is 1. The number of nitrogens with zero attached hydrogens (tertiary/aromatic N) is 2. The molecule has 1 aromatic rings. The molecule has 18 heavy (non-hydrogen) atoms. The standard InChI is InChI=1S/C12H15N3O2S/c1-9-12(17)14-6-7-15(9)11(16)8-18-10-2-4-13-5-3-10/h2-5,9H,6-8H2,1H3,(H,14,17). The van der Waals surface area contributed by atoms with E-state index in [2.05, 4.69) is 10.3 Å². The normalized spacial score (nSPS) is 19.5. The highest BCUT2D eigenvalue weighted by molar-refractivity contribution is 8.00. The molecular formula is C12H15N3O2S. The van der Waals surface area contributed by atoms with Gasteiger partial charge in [0.1, 0.15) is 6.04 Å². The number of pyridine rings is 1. The summed E-state index contributed by atoms with van der Waals surface area (Å²) in [6, 6.07) is 3.36. The first-order valence-corrected chi connectivity index (χ1v) is 6.77. The molecule has 5 nitrogen and oxygen atoms in total. The van der Waals surface area contributed by atoms with Crippen LogP contribution in [0.25, 0.3) is 0 Å². The van der Waals surface area contributed by atoms with Crippen LogP contribution in [0.4, 0.5) is 0 Å². The Balaban J connectivity index is 1.90. The van der Waals surface area contributed by atoms with Crippen molar-refractivity contribution in [3.05, 3.63) is 24.5 Å². The largest absolute Gasteiger partial charge is 0.353 e. The molecule has 2 amide bonds. The lowest BCUT2D eigenvalue weighted by atomic mass is 10.2. The molecule has 1 aliphatic heterocycles. The second-order valence-electron chi connectivity index (χ2n) is 4.03. The average molecular weight is 265 g/mol. The smallest absolute Gasteiger partial charge is 0.242 e. The lowest BCUT2D eigenvalue weighted by Crippen LogP contribution is -2.56. The number of hydrogen-bond donors (Lipinski definition) is 1. The van der Waals surface area contributed by atoms with Crippen molar-refractivity contribution in [2.75, 3.05) is 18.8 Å². The van der Waals surface area contributed by atoms with Crippen LogP contribution in [0.3, 0.4) is 0 Å². The van der Waals surface area contributed by atoms with Crippen molar-refractivity contribution in [3.63, 3.8) is 0 Å². The van der Waals surface area contributed by atoms with E-state index in [-0.39, 0.29) is 17.9 Å². The third-order valence-electron chi connectivity index (χ3n) is 2.83. The number of carbonyl (C=O) groups is 2. The highest BCUT2D eigenvalue weighted by atomic mass is 32.2. The summed E-state index contributed by atoms with van der Waals surface area (Å²) in [6.45, 7) is 2.88. The predicted octanol–water partition coefficient (Wildman–Crippen LogP) is 0.521. The van der Waals surface area contributed by atoms with Crippen LogP contribution in [-0.4, -0.2) is 46.6 Å². The number of nitrogens with one attached hydrogen (secondary N) is 1. The van der Waals surface area contributed by atoms with E-state index in [0.717, 1.165) is 4.90 Å². The Kier molecular flexibility index (Phi) is 4.19. The van der Waals surface area contributed by atoms with Crippen molar-refractivity contribution < 1.29 is 9.59 Å². The van der Waals surface area contributed by atoms with Crippen molar-refractivity contribution >= 4 is 23.6 Å². The van der Waals surface area contributed by atoms with E-state index in [4.69, 9.17) is 0 Å². The Labute approximate surface area is 110 Å². The van der Waals surface area contributed by atoms with E-state index in [1.54, 1.807) is 24.2 Å². The summed E-state index contributed by atoms with van der Waals surface area (Å²) >= 11 is 1.46. The summed E-state index contributed by atoms with van der Waals surface area (Å²) < 4.78 is 0. The molecule has 0 bridgehead atoms. The van der Waals surface area contributed by atoms with Crippen molar-refractivity contribution in [1.82, 2.24) is 15.2 Å². The highest BCUT2D eigenvalue weighted by Gasteiger charge is 2.28. The van der Waals surface area contributed by atoms with Crippen molar-refractivity contribution in [3.8, 4) is 0 Å². The van der Waals surface area contributed by atoms with E-state index in [1.807, 2.05) is 12.1 Å². The summed E-state index contributed by atoms with van der Waals surface area (Å²) in [5.74, 6) is 0.268. The number of carbonyl (C=O) groups excluding carboxylic acids is 2. The Morgan fingerprint density at radius 3 is 3.00 bits per heavy atom. The molecule has 0 aliphatic carbocycles. The van der Waals surface area contributed by atoms with E-state index >= 15 is 0 Å². The zero-order chi connectivity index (χ0) is 13.0. The molecule has 1 unspecified atom stereocenters. The minimum atomic E-state index is -0.371. The van der Waals surface area contributed by atoms with Gasteiger partial charge < -0.3 is 10.2 Å². The van der Waals surface area contributed by atoms with Gasteiger partial charge in [-0.1, -0.05) is 0 Å². The van der Waals surface area contributed by atoms with Gasteiger partial charge in [0.2, 0.25) is 11.8 Å². The molecule has 2 heterocycles. The minimum absolute atomic E-state index is 0.000776. The minimum Gasteiger partial charge on any atom is -0.353 e. The first-order valence-electron chi connectivity index (χ1n) is 5.78. The molecule has 0 saturated carbocycles. The van der Waals surface area contributed by atoms with Gasteiger partial charge in [-0.25, -0.2) is 0 Å². The number of hydrogen-bond acceptors (Lipinski definition) is 4. The molecule has 0 aromatic carbocycles. The van der Waals surface area contributed by atoms with E-state index in [0.29, 0.717) is 18.8 Å². The number of amides is 2. The topological polar surface area (TPSA) is 62.3 Å². The molecule has 6 heteroatoms. The third-order valence-corrected chi connectivity index (χ3v) is 3.83. The molecule has 0 spiro atoms. The fourth-order valence-corrected chi connectivity index (χ4v) is 2.56. The van der Waals surface area contributed by atoms with Crippen LogP contribution >= 0.6 is 11.8 Å². The quantitative estimate of drug-likeness (QED) is 0.809. The van der Waals surface area contributed by atoms with Gasteiger partial charge in [0.25, 0.3) is 0 Å². The van der Waals surface area contributed by atoms with Gasteiger partial charge in [-0.15, -0.1) is 11.8 Å². The van der Waals surface area contributed by atoms with Crippen molar-refractivity contribution in [2.45, 2.75) is 17.9 Å². The van der Waals surface area contributed by atoms with Crippen molar-refractivity contribution in [1.29, 1.82) is 0 Å².